The van der Waals surface area contributed by atoms with Crippen LogP contribution in [0.15, 0.2) is 12.1 Å². The van der Waals surface area contributed by atoms with Gasteiger partial charge in [0.25, 0.3) is 0 Å². The summed E-state index contributed by atoms with van der Waals surface area (Å²) in [4.78, 5) is 0. The summed E-state index contributed by atoms with van der Waals surface area (Å²) >= 11 is 0. The first-order valence-corrected chi connectivity index (χ1v) is 6.50. The van der Waals surface area contributed by atoms with Crippen molar-refractivity contribution in [3.05, 3.63) is 28.8 Å². The number of nitrogens with one attached hydrogen (secondary N) is 1. The molecule has 94 valence electrons. The summed E-state index contributed by atoms with van der Waals surface area (Å²) in [5, 5.41) is 3.51. The molecule has 1 saturated heterocycles. The van der Waals surface area contributed by atoms with E-state index in [2.05, 4.69) is 38.2 Å². The highest BCUT2D eigenvalue weighted by atomic mass is 16.5. The lowest BCUT2D eigenvalue weighted by Gasteiger charge is -2.30. The second kappa shape index (κ2) is 5.09. The molecule has 0 bridgehead atoms. The van der Waals surface area contributed by atoms with E-state index >= 15 is 0 Å². The van der Waals surface area contributed by atoms with Gasteiger partial charge < -0.3 is 10.1 Å². The Morgan fingerprint density at radius 1 is 1.29 bits per heavy atom. The zero-order valence-corrected chi connectivity index (χ0v) is 11.3. The molecule has 1 N–H and O–H groups in total. The number of hydrogen-bond acceptors (Lipinski definition) is 2. The zero-order valence-electron chi connectivity index (χ0n) is 11.3. The standard InChI is InChI=1S/C15H23NO/c1-10-7-11(2)15(14(8-10)17-4)13-5-6-16-12(3)9-13/h7-8,12-13,16H,5-6,9H2,1-4H3. The summed E-state index contributed by atoms with van der Waals surface area (Å²) < 4.78 is 5.58. The maximum Gasteiger partial charge on any atom is 0.122 e. The SMILES string of the molecule is COc1cc(C)cc(C)c1C1CCNC(C)C1. The van der Waals surface area contributed by atoms with Gasteiger partial charge in [0.15, 0.2) is 0 Å². The molecule has 0 aromatic heterocycles. The number of benzene rings is 1. The summed E-state index contributed by atoms with van der Waals surface area (Å²) in [6.07, 6.45) is 2.42. The molecule has 1 aromatic carbocycles. The van der Waals surface area contributed by atoms with E-state index in [1.807, 2.05) is 0 Å². The van der Waals surface area contributed by atoms with Gasteiger partial charge in [-0.1, -0.05) is 6.07 Å². The van der Waals surface area contributed by atoms with Crippen LogP contribution in [0.1, 0.15) is 42.4 Å². The summed E-state index contributed by atoms with van der Waals surface area (Å²) in [5.41, 5.74) is 4.08. The van der Waals surface area contributed by atoms with E-state index in [4.69, 9.17) is 4.74 Å². The Bertz CT molecular complexity index is 400. The van der Waals surface area contributed by atoms with Crippen molar-refractivity contribution < 1.29 is 4.74 Å². The second-order valence-corrected chi connectivity index (χ2v) is 5.27. The van der Waals surface area contributed by atoms with Gasteiger partial charge in [0.1, 0.15) is 5.75 Å². The van der Waals surface area contributed by atoms with Crippen molar-refractivity contribution in [1.82, 2.24) is 5.32 Å². The second-order valence-electron chi connectivity index (χ2n) is 5.27. The molecule has 0 spiro atoms. The number of rotatable bonds is 2. The fourth-order valence-corrected chi connectivity index (χ4v) is 3.03. The van der Waals surface area contributed by atoms with Crippen molar-refractivity contribution in [2.45, 2.75) is 45.6 Å². The lowest BCUT2D eigenvalue weighted by Crippen LogP contribution is -2.35. The van der Waals surface area contributed by atoms with Crippen molar-refractivity contribution in [2.75, 3.05) is 13.7 Å². The predicted octanol–water partition coefficient (Wildman–Crippen LogP) is 3.17. The molecule has 0 saturated carbocycles. The van der Waals surface area contributed by atoms with Gasteiger partial charge >= 0.3 is 0 Å². The molecule has 1 aliphatic rings. The Kier molecular flexibility index (Phi) is 3.72. The predicted molar refractivity (Wildman–Crippen MR) is 71.9 cm³/mol. The molecule has 2 unspecified atom stereocenters. The van der Waals surface area contributed by atoms with Crippen LogP contribution in [-0.2, 0) is 0 Å². The van der Waals surface area contributed by atoms with Gasteiger partial charge in [-0.15, -0.1) is 0 Å². The average molecular weight is 233 g/mol. The van der Waals surface area contributed by atoms with Crippen LogP contribution in [0.3, 0.4) is 0 Å². The molecule has 1 fully saturated rings. The quantitative estimate of drug-likeness (QED) is 0.847. The van der Waals surface area contributed by atoms with Gasteiger partial charge in [0, 0.05) is 11.6 Å². The maximum atomic E-state index is 5.58. The van der Waals surface area contributed by atoms with E-state index in [9.17, 15) is 0 Å². The average Bonchev–Trinajstić information content (AvgIpc) is 2.27. The number of aryl methyl sites for hydroxylation is 2. The summed E-state index contributed by atoms with van der Waals surface area (Å²) in [6, 6.07) is 5.04. The van der Waals surface area contributed by atoms with Crippen molar-refractivity contribution >= 4 is 0 Å². The van der Waals surface area contributed by atoms with E-state index < -0.39 is 0 Å². The van der Waals surface area contributed by atoms with Gasteiger partial charge in [0.05, 0.1) is 7.11 Å². The monoisotopic (exact) mass is 233 g/mol. The molecule has 2 nitrogen and oxygen atoms in total. The molecule has 1 aliphatic heterocycles. The lowest BCUT2D eigenvalue weighted by molar-refractivity contribution is 0.359. The van der Waals surface area contributed by atoms with Gasteiger partial charge in [0.2, 0.25) is 0 Å². The summed E-state index contributed by atoms with van der Waals surface area (Å²) in [5.74, 6) is 1.71. The molecule has 0 aliphatic carbocycles. The van der Waals surface area contributed by atoms with Crippen molar-refractivity contribution in [3.63, 3.8) is 0 Å². The molecule has 2 heteroatoms. The Hall–Kier alpha value is -1.02. The Labute approximate surface area is 104 Å². The number of hydrogen-bond donors (Lipinski definition) is 1. The first-order valence-electron chi connectivity index (χ1n) is 6.50. The smallest absolute Gasteiger partial charge is 0.122 e. The van der Waals surface area contributed by atoms with Crippen LogP contribution in [0.2, 0.25) is 0 Å². The molecule has 2 rings (SSSR count). The van der Waals surface area contributed by atoms with Gasteiger partial charge in [-0.25, -0.2) is 0 Å². The Morgan fingerprint density at radius 2 is 2.06 bits per heavy atom. The number of ether oxygens (including phenoxy) is 1. The molecule has 17 heavy (non-hydrogen) atoms. The fraction of sp³-hybridized carbons (Fsp3) is 0.600. The Balaban J connectivity index is 2.36. The van der Waals surface area contributed by atoms with Crippen LogP contribution in [-0.4, -0.2) is 19.7 Å². The van der Waals surface area contributed by atoms with Crippen LogP contribution < -0.4 is 10.1 Å². The minimum Gasteiger partial charge on any atom is -0.496 e. The molecule has 2 atom stereocenters. The van der Waals surface area contributed by atoms with E-state index in [1.54, 1.807) is 7.11 Å². The minimum absolute atomic E-state index is 0.610. The highest BCUT2D eigenvalue weighted by molar-refractivity contribution is 5.45. The largest absolute Gasteiger partial charge is 0.496 e. The topological polar surface area (TPSA) is 21.3 Å². The maximum absolute atomic E-state index is 5.58. The number of piperidine rings is 1. The van der Waals surface area contributed by atoms with E-state index in [1.165, 1.54) is 29.5 Å². The number of methoxy groups -OCH3 is 1. The van der Waals surface area contributed by atoms with E-state index in [0.29, 0.717) is 12.0 Å². The van der Waals surface area contributed by atoms with E-state index in [-0.39, 0.29) is 0 Å². The molecule has 0 amide bonds. The van der Waals surface area contributed by atoms with Crippen molar-refractivity contribution in [3.8, 4) is 5.75 Å². The highest BCUT2D eigenvalue weighted by Crippen LogP contribution is 2.37. The fourth-order valence-electron chi connectivity index (χ4n) is 3.03. The summed E-state index contributed by atoms with van der Waals surface area (Å²) in [6.45, 7) is 7.71. The van der Waals surface area contributed by atoms with Crippen LogP contribution in [0, 0.1) is 13.8 Å². The first kappa shape index (κ1) is 12.4. The van der Waals surface area contributed by atoms with Crippen LogP contribution in [0.25, 0.3) is 0 Å². The highest BCUT2D eigenvalue weighted by Gasteiger charge is 2.24. The van der Waals surface area contributed by atoms with Crippen LogP contribution in [0.5, 0.6) is 5.75 Å². The zero-order chi connectivity index (χ0) is 12.4. The Morgan fingerprint density at radius 3 is 2.71 bits per heavy atom. The third-order valence-electron chi connectivity index (χ3n) is 3.75. The molecule has 1 aromatic rings. The third kappa shape index (κ3) is 2.63. The first-order chi connectivity index (χ1) is 8.11. The molecule has 1 heterocycles. The molecular weight excluding hydrogens is 210 g/mol. The van der Waals surface area contributed by atoms with Gasteiger partial charge in [-0.05, 0) is 63.3 Å². The summed E-state index contributed by atoms with van der Waals surface area (Å²) in [7, 11) is 1.78. The van der Waals surface area contributed by atoms with E-state index in [0.717, 1.165) is 12.3 Å². The van der Waals surface area contributed by atoms with Crippen molar-refractivity contribution in [1.29, 1.82) is 0 Å². The van der Waals surface area contributed by atoms with Gasteiger partial charge in [-0.3, -0.25) is 0 Å². The van der Waals surface area contributed by atoms with Gasteiger partial charge in [-0.2, -0.15) is 0 Å². The van der Waals surface area contributed by atoms with Crippen LogP contribution in [0.4, 0.5) is 0 Å². The molecular formula is C15H23NO. The van der Waals surface area contributed by atoms with Crippen LogP contribution >= 0.6 is 0 Å². The lowest BCUT2D eigenvalue weighted by atomic mass is 9.83. The normalized spacial score (nSPS) is 24.7. The molecule has 0 radical (unpaired) electrons. The third-order valence-corrected chi connectivity index (χ3v) is 3.75. The van der Waals surface area contributed by atoms with Crippen molar-refractivity contribution in [2.24, 2.45) is 0 Å². The minimum atomic E-state index is 0.610.